The van der Waals surface area contributed by atoms with E-state index in [0.29, 0.717) is 6.54 Å². The molecule has 0 radical (unpaired) electrons. The Bertz CT molecular complexity index is 417. The highest BCUT2D eigenvalue weighted by atomic mass is 16.4. The Kier molecular flexibility index (Phi) is 6.55. The van der Waals surface area contributed by atoms with Crippen LogP contribution in [0.25, 0.3) is 0 Å². The molecule has 0 fully saturated rings. The molecule has 7 heteroatoms. The molecule has 0 aliphatic rings. The first-order valence-electron chi connectivity index (χ1n) is 6.72. The van der Waals surface area contributed by atoms with Crippen molar-refractivity contribution in [1.82, 2.24) is 20.4 Å². The largest absolute Gasteiger partial charge is 0.481 e. The van der Waals surface area contributed by atoms with Crippen LogP contribution in [0, 0.1) is 5.92 Å². The van der Waals surface area contributed by atoms with Crippen molar-refractivity contribution in [2.75, 3.05) is 6.54 Å². The Hall–Kier alpha value is -2.05. The third-order valence-electron chi connectivity index (χ3n) is 2.92. The van der Waals surface area contributed by atoms with Crippen LogP contribution in [-0.4, -0.2) is 39.5 Å². The van der Waals surface area contributed by atoms with E-state index < -0.39 is 5.97 Å². The van der Waals surface area contributed by atoms with Crippen LogP contribution in [0.4, 0.5) is 4.79 Å². The number of carbonyl (C=O) groups is 2. The maximum absolute atomic E-state index is 11.7. The predicted molar refractivity (Wildman–Crippen MR) is 74.3 cm³/mol. The van der Waals surface area contributed by atoms with E-state index in [2.05, 4.69) is 15.7 Å². The molecular formula is C13H22N4O3. The van der Waals surface area contributed by atoms with Crippen molar-refractivity contribution in [2.45, 2.75) is 39.3 Å². The van der Waals surface area contributed by atoms with E-state index in [1.54, 1.807) is 10.9 Å². The Balaban J connectivity index is 2.22. The number of hydrogen-bond acceptors (Lipinski definition) is 3. The van der Waals surface area contributed by atoms with Gasteiger partial charge in [-0.2, -0.15) is 5.10 Å². The maximum Gasteiger partial charge on any atom is 0.315 e. The summed E-state index contributed by atoms with van der Waals surface area (Å²) in [5.74, 6) is -0.844. The summed E-state index contributed by atoms with van der Waals surface area (Å²) in [7, 11) is 0. The molecule has 0 aromatic carbocycles. The molecule has 2 amide bonds. The van der Waals surface area contributed by atoms with Crippen molar-refractivity contribution in [3.8, 4) is 0 Å². The minimum atomic E-state index is -0.914. The highest BCUT2D eigenvalue weighted by Crippen LogP contribution is 2.05. The summed E-state index contributed by atoms with van der Waals surface area (Å²) in [6, 6.07) is 1.16. The Morgan fingerprint density at radius 2 is 2.15 bits per heavy atom. The van der Waals surface area contributed by atoms with Gasteiger partial charge in [-0.1, -0.05) is 13.8 Å². The number of rotatable bonds is 8. The van der Waals surface area contributed by atoms with E-state index in [4.69, 9.17) is 5.11 Å². The molecule has 0 saturated carbocycles. The van der Waals surface area contributed by atoms with Gasteiger partial charge in [0.25, 0.3) is 0 Å². The molecule has 1 aromatic rings. The molecule has 3 N–H and O–H groups in total. The lowest BCUT2D eigenvalue weighted by Crippen LogP contribution is -2.45. The zero-order chi connectivity index (χ0) is 15.0. The molecule has 0 spiro atoms. The highest BCUT2D eigenvalue weighted by Gasteiger charge is 2.18. The van der Waals surface area contributed by atoms with Gasteiger partial charge in [-0.3, -0.25) is 9.48 Å². The monoisotopic (exact) mass is 282 g/mol. The first kappa shape index (κ1) is 16.0. The van der Waals surface area contributed by atoms with Gasteiger partial charge >= 0.3 is 12.0 Å². The van der Waals surface area contributed by atoms with E-state index in [0.717, 1.165) is 13.0 Å². The average Bonchev–Trinajstić information content (AvgIpc) is 2.86. The van der Waals surface area contributed by atoms with E-state index >= 15 is 0 Å². The Morgan fingerprint density at radius 3 is 2.70 bits per heavy atom. The predicted octanol–water partition coefficient (Wildman–Crippen LogP) is 1.07. The number of aromatic nitrogens is 2. The van der Waals surface area contributed by atoms with Gasteiger partial charge in [0.15, 0.2) is 0 Å². The van der Waals surface area contributed by atoms with Crippen LogP contribution in [0.2, 0.25) is 0 Å². The molecule has 7 nitrogen and oxygen atoms in total. The van der Waals surface area contributed by atoms with Gasteiger partial charge < -0.3 is 15.7 Å². The number of aliphatic carboxylic acids is 1. The number of hydrogen-bond donors (Lipinski definition) is 3. The summed E-state index contributed by atoms with van der Waals surface area (Å²) in [5.41, 5.74) is 0. The second-order valence-corrected chi connectivity index (χ2v) is 4.97. The maximum atomic E-state index is 11.7. The SMILES string of the molecule is CC(C)C(CC(=O)O)NC(=O)NCCCn1cccn1. The number of carbonyl (C=O) groups excluding carboxylic acids is 1. The van der Waals surface area contributed by atoms with Gasteiger partial charge in [-0.15, -0.1) is 0 Å². The molecule has 0 saturated heterocycles. The number of carboxylic acid groups (broad SMARTS) is 1. The van der Waals surface area contributed by atoms with Crippen molar-refractivity contribution in [3.05, 3.63) is 18.5 Å². The zero-order valence-corrected chi connectivity index (χ0v) is 11.9. The van der Waals surface area contributed by atoms with Crippen LogP contribution in [0.1, 0.15) is 26.7 Å². The van der Waals surface area contributed by atoms with E-state index in [-0.39, 0.29) is 24.4 Å². The molecule has 1 unspecified atom stereocenters. The third-order valence-corrected chi connectivity index (χ3v) is 2.92. The van der Waals surface area contributed by atoms with E-state index in [1.165, 1.54) is 0 Å². The number of carboxylic acids is 1. The fourth-order valence-corrected chi connectivity index (χ4v) is 1.74. The minimum absolute atomic E-state index is 0.0703. The zero-order valence-electron chi connectivity index (χ0n) is 11.9. The van der Waals surface area contributed by atoms with Crippen molar-refractivity contribution in [2.24, 2.45) is 5.92 Å². The lowest BCUT2D eigenvalue weighted by Gasteiger charge is -2.20. The summed E-state index contributed by atoms with van der Waals surface area (Å²) < 4.78 is 1.79. The molecule has 1 heterocycles. The van der Waals surface area contributed by atoms with Crippen LogP contribution in [0.5, 0.6) is 0 Å². The normalized spacial score (nSPS) is 12.2. The van der Waals surface area contributed by atoms with Gasteiger partial charge in [0.05, 0.1) is 6.42 Å². The van der Waals surface area contributed by atoms with Crippen LogP contribution in [-0.2, 0) is 11.3 Å². The summed E-state index contributed by atoms with van der Waals surface area (Å²) in [4.78, 5) is 22.4. The van der Waals surface area contributed by atoms with Crippen molar-refractivity contribution < 1.29 is 14.7 Å². The fraction of sp³-hybridized carbons (Fsp3) is 0.615. The molecule has 20 heavy (non-hydrogen) atoms. The van der Waals surface area contributed by atoms with E-state index in [9.17, 15) is 9.59 Å². The number of aryl methyl sites for hydroxylation is 1. The summed E-state index contributed by atoms with van der Waals surface area (Å²) in [6.07, 6.45) is 4.26. The number of nitrogens with zero attached hydrogens (tertiary/aromatic N) is 2. The fourth-order valence-electron chi connectivity index (χ4n) is 1.74. The van der Waals surface area contributed by atoms with Crippen LogP contribution in [0.15, 0.2) is 18.5 Å². The second kappa shape index (κ2) is 8.19. The molecule has 0 bridgehead atoms. The van der Waals surface area contributed by atoms with Crippen molar-refractivity contribution in [3.63, 3.8) is 0 Å². The Morgan fingerprint density at radius 1 is 1.40 bits per heavy atom. The van der Waals surface area contributed by atoms with E-state index in [1.807, 2.05) is 26.1 Å². The quantitative estimate of drug-likeness (QED) is 0.621. The smallest absolute Gasteiger partial charge is 0.315 e. The van der Waals surface area contributed by atoms with Gasteiger partial charge in [-0.05, 0) is 18.4 Å². The summed E-state index contributed by atoms with van der Waals surface area (Å²) in [5, 5.41) is 18.3. The summed E-state index contributed by atoms with van der Waals surface area (Å²) in [6.45, 7) is 5.01. The molecule has 0 aliphatic heterocycles. The Labute approximate surface area is 118 Å². The molecule has 112 valence electrons. The van der Waals surface area contributed by atoms with Crippen LogP contribution < -0.4 is 10.6 Å². The number of amides is 2. The van der Waals surface area contributed by atoms with Crippen LogP contribution >= 0.6 is 0 Å². The van der Waals surface area contributed by atoms with Crippen LogP contribution in [0.3, 0.4) is 0 Å². The molecular weight excluding hydrogens is 260 g/mol. The average molecular weight is 282 g/mol. The number of nitrogens with one attached hydrogen (secondary N) is 2. The first-order chi connectivity index (χ1) is 9.49. The van der Waals surface area contributed by atoms with Gasteiger partial charge in [-0.25, -0.2) is 4.79 Å². The molecule has 1 rings (SSSR count). The lowest BCUT2D eigenvalue weighted by atomic mass is 10.0. The standard InChI is InChI=1S/C13H22N4O3/c1-10(2)11(9-12(18)19)16-13(20)14-5-3-7-17-8-4-6-15-17/h4,6,8,10-11H,3,5,7,9H2,1-2H3,(H,18,19)(H2,14,16,20). The third kappa shape index (κ3) is 6.21. The van der Waals surface area contributed by atoms with Gasteiger partial charge in [0, 0.05) is 31.5 Å². The topological polar surface area (TPSA) is 96.3 Å². The van der Waals surface area contributed by atoms with Crippen molar-refractivity contribution in [1.29, 1.82) is 0 Å². The molecule has 1 atom stereocenters. The van der Waals surface area contributed by atoms with Crippen molar-refractivity contribution >= 4 is 12.0 Å². The second-order valence-electron chi connectivity index (χ2n) is 4.97. The number of urea groups is 1. The lowest BCUT2D eigenvalue weighted by molar-refractivity contribution is -0.137. The van der Waals surface area contributed by atoms with Gasteiger partial charge in [0.2, 0.25) is 0 Å². The molecule has 0 aliphatic carbocycles. The summed E-state index contributed by atoms with van der Waals surface area (Å²) >= 11 is 0. The minimum Gasteiger partial charge on any atom is -0.481 e. The first-order valence-corrected chi connectivity index (χ1v) is 6.72. The molecule has 1 aromatic heterocycles. The van der Waals surface area contributed by atoms with Gasteiger partial charge in [0.1, 0.15) is 0 Å². The highest BCUT2D eigenvalue weighted by molar-refractivity contribution is 5.75.